The van der Waals surface area contributed by atoms with Crippen molar-refractivity contribution in [3.8, 4) is 0 Å². The molecule has 2 rings (SSSR count). The van der Waals surface area contributed by atoms with E-state index in [1.54, 1.807) is 19.3 Å². The van der Waals surface area contributed by atoms with Crippen molar-refractivity contribution >= 4 is 28.7 Å². The van der Waals surface area contributed by atoms with E-state index < -0.39 is 6.09 Å². The van der Waals surface area contributed by atoms with Crippen molar-refractivity contribution in [2.75, 3.05) is 26.1 Å². The molecule has 0 spiro atoms. The molecule has 0 bridgehead atoms. The molecule has 1 amide bonds. The maximum Gasteiger partial charge on any atom is 0.412 e. The van der Waals surface area contributed by atoms with Gasteiger partial charge in [0.1, 0.15) is 12.4 Å². The van der Waals surface area contributed by atoms with Crippen LogP contribution in [0, 0.1) is 0 Å². The lowest BCUT2D eigenvalue weighted by Gasteiger charge is -2.16. The Hall–Kier alpha value is -2.67. The fourth-order valence-corrected chi connectivity index (χ4v) is 2.37. The van der Waals surface area contributed by atoms with E-state index >= 15 is 0 Å². The molecule has 1 aromatic carbocycles. The van der Waals surface area contributed by atoms with Gasteiger partial charge in [-0.05, 0) is 31.3 Å². The maximum absolute atomic E-state index is 11.9. The second-order valence-electron chi connectivity index (χ2n) is 5.59. The van der Waals surface area contributed by atoms with Crippen LogP contribution in [0.25, 0.3) is 10.8 Å². The van der Waals surface area contributed by atoms with Crippen molar-refractivity contribution in [2.45, 2.75) is 25.3 Å². The van der Waals surface area contributed by atoms with Gasteiger partial charge in [0.05, 0.1) is 7.11 Å². The summed E-state index contributed by atoms with van der Waals surface area (Å²) >= 11 is 0. The number of methoxy groups -OCH3 is 1. The summed E-state index contributed by atoms with van der Waals surface area (Å²) in [4.78, 5) is 27.2. The number of nitrogens with zero attached hydrogens (tertiary/aromatic N) is 1. The van der Waals surface area contributed by atoms with Crippen LogP contribution in [0.4, 0.5) is 10.6 Å². The predicted octanol–water partition coefficient (Wildman–Crippen LogP) is 2.71. The van der Waals surface area contributed by atoms with E-state index in [9.17, 15) is 9.59 Å². The zero-order chi connectivity index (χ0) is 18.1. The molecule has 134 valence electrons. The van der Waals surface area contributed by atoms with Gasteiger partial charge in [-0.3, -0.25) is 10.1 Å². The second-order valence-corrected chi connectivity index (χ2v) is 5.59. The van der Waals surface area contributed by atoms with E-state index in [4.69, 9.17) is 4.74 Å². The van der Waals surface area contributed by atoms with Gasteiger partial charge < -0.3 is 14.8 Å². The van der Waals surface area contributed by atoms with Crippen molar-refractivity contribution in [3.63, 3.8) is 0 Å². The highest BCUT2D eigenvalue weighted by molar-refractivity contribution is 5.89. The standard InChI is InChI=1S/C18H23N3O4/c1-19-15(8-5-9-17(22)24-2)12-25-18(23)21-16-10-13-6-3-4-7-14(13)11-20-16/h3-4,6-7,10-11,15,19H,5,8-9,12H2,1-2H3,(H,20,21,23)/t15-/m0/s1. The summed E-state index contributed by atoms with van der Waals surface area (Å²) < 4.78 is 9.83. The summed E-state index contributed by atoms with van der Waals surface area (Å²) in [6.45, 7) is 0.205. The number of benzene rings is 1. The lowest BCUT2D eigenvalue weighted by Crippen LogP contribution is -2.32. The molecule has 1 aromatic heterocycles. The van der Waals surface area contributed by atoms with Crippen LogP contribution in [0.5, 0.6) is 0 Å². The molecule has 0 aliphatic heterocycles. The molecule has 25 heavy (non-hydrogen) atoms. The maximum atomic E-state index is 11.9. The van der Waals surface area contributed by atoms with Gasteiger partial charge in [-0.1, -0.05) is 24.3 Å². The van der Waals surface area contributed by atoms with Crippen LogP contribution in [0.1, 0.15) is 19.3 Å². The number of fused-ring (bicyclic) bond motifs is 1. The van der Waals surface area contributed by atoms with E-state index in [0.29, 0.717) is 25.1 Å². The molecule has 1 heterocycles. The van der Waals surface area contributed by atoms with E-state index in [-0.39, 0.29) is 18.6 Å². The first-order valence-electron chi connectivity index (χ1n) is 8.15. The predicted molar refractivity (Wildman–Crippen MR) is 95.4 cm³/mol. The number of hydrogen-bond acceptors (Lipinski definition) is 6. The fourth-order valence-electron chi connectivity index (χ4n) is 2.37. The number of anilines is 1. The first kappa shape index (κ1) is 18.7. The number of ether oxygens (including phenoxy) is 2. The summed E-state index contributed by atoms with van der Waals surface area (Å²) in [5.74, 6) is 0.200. The summed E-state index contributed by atoms with van der Waals surface area (Å²) in [7, 11) is 3.15. The number of rotatable bonds is 8. The third-order valence-electron chi connectivity index (χ3n) is 3.85. The first-order chi connectivity index (χ1) is 12.1. The third-order valence-corrected chi connectivity index (χ3v) is 3.85. The molecule has 7 nitrogen and oxygen atoms in total. The van der Waals surface area contributed by atoms with Crippen molar-refractivity contribution in [1.29, 1.82) is 0 Å². The molecule has 0 unspecified atom stereocenters. The number of hydrogen-bond donors (Lipinski definition) is 2. The van der Waals surface area contributed by atoms with Gasteiger partial charge in [0.15, 0.2) is 0 Å². The Bertz CT molecular complexity index is 720. The molecule has 2 aromatic rings. The molecular weight excluding hydrogens is 322 g/mol. The fraction of sp³-hybridized carbons (Fsp3) is 0.389. The number of aromatic nitrogens is 1. The van der Waals surface area contributed by atoms with Gasteiger partial charge in [0.25, 0.3) is 0 Å². The normalized spacial score (nSPS) is 11.8. The van der Waals surface area contributed by atoms with Crippen LogP contribution in [-0.4, -0.2) is 43.9 Å². The summed E-state index contributed by atoms with van der Waals surface area (Å²) in [6, 6.07) is 9.53. The number of pyridine rings is 1. The highest BCUT2D eigenvalue weighted by Gasteiger charge is 2.12. The molecule has 1 atom stereocenters. The molecule has 0 aliphatic rings. The van der Waals surface area contributed by atoms with E-state index in [2.05, 4.69) is 20.4 Å². The Morgan fingerprint density at radius 3 is 2.72 bits per heavy atom. The molecule has 0 saturated carbocycles. The number of likely N-dealkylation sites (N-methyl/N-ethyl adjacent to an activating group) is 1. The number of carbonyl (C=O) groups is 2. The van der Waals surface area contributed by atoms with Crippen LogP contribution >= 0.6 is 0 Å². The van der Waals surface area contributed by atoms with Crippen LogP contribution in [0.15, 0.2) is 36.5 Å². The average molecular weight is 345 g/mol. The van der Waals surface area contributed by atoms with Crippen LogP contribution in [0.3, 0.4) is 0 Å². The van der Waals surface area contributed by atoms with Crippen molar-refractivity contribution in [1.82, 2.24) is 10.3 Å². The number of nitrogens with one attached hydrogen (secondary N) is 2. The Morgan fingerprint density at radius 1 is 1.24 bits per heavy atom. The molecule has 2 N–H and O–H groups in total. The molecule has 0 saturated heterocycles. The van der Waals surface area contributed by atoms with Crippen molar-refractivity contribution < 1.29 is 19.1 Å². The Labute approximate surface area is 146 Å². The van der Waals surface area contributed by atoms with Crippen LogP contribution in [0.2, 0.25) is 0 Å². The van der Waals surface area contributed by atoms with Gasteiger partial charge in [-0.15, -0.1) is 0 Å². The number of esters is 1. The minimum atomic E-state index is -0.559. The lowest BCUT2D eigenvalue weighted by atomic mass is 10.1. The molecule has 7 heteroatoms. The summed E-state index contributed by atoms with van der Waals surface area (Å²) in [5.41, 5.74) is 0. The smallest absolute Gasteiger partial charge is 0.412 e. The second kappa shape index (κ2) is 9.58. The monoisotopic (exact) mass is 345 g/mol. The van der Waals surface area contributed by atoms with Gasteiger partial charge in [0.2, 0.25) is 0 Å². The zero-order valence-electron chi connectivity index (χ0n) is 14.5. The quantitative estimate of drug-likeness (QED) is 0.715. The van der Waals surface area contributed by atoms with E-state index in [1.807, 2.05) is 24.3 Å². The Morgan fingerprint density at radius 2 is 2.00 bits per heavy atom. The topological polar surface area (TPSA) is 89.5 Å². The number of amides is 1. The van der Waals surface area contributed by atoms with Crippen molar-refractivity contribution in [3.05, 3.63) is 36.5 Å². The van der Waals surface area contributed by atoms with E-state index in [1.165, 1.54) is 7.11 Å². The minimum Gasteiger partial charge on any atom is -0.469 e. The van der Waals surface area contributed by atoms with E-state index in [0.717, 1.165) is 10.8 Å². The number of carbonyl (C=O) groups excluding carboxylic acids is 2. The highest BCUT2D eigenvalue weighted by Crippen LogP contribution is 2.16. The van der Waals surface area contributed by atoms with Crippen molar-refractivity contribution in [2.24, 2.45) is 0 Å². The lowest BCUT2D eigenvalue weighted by molar-refractivity contribution is -0.140. The average Bonchev–Trinajstić information content (AvgIpc) is 2.64. The molecule has 0 fully saturated rings. The summed E-state index contributed by atoms with van der Waals surface area (Å²) in [5, 5.41) is 7.68. The third kappa shape index (κ3) is 6.04. The summed E-state index contributed by atoms with van der Waals surface area (Å²) in [6.07, 6.45) is 2.86. The van der Waals surface area contributed by atoms with Gasteiger partial charge in [-0.2, -0.15) is 0 Å². The Balaban J connectivity index is 1.79. The molecule has 0 radical (unpaired) electrons. The van der Waals surface area contributed by atoms with Gasteiger partial charge >= 0.3 is 12.1 Å². The van der Waals surface area contributed by atoms with Gasteiger partial charge in [0, 0.05) is 24.0 Å². The molecule has 0 aliphatic carbocycles. The van der Waals surface area contributed by atoms with Crippen LogP contribution in [-0.2, 0) is 14.3 Å². The zero-order valence-corrected chi connectivity index (χ0v) is 14.5. The first-order valence-corrected chi connectivity index (χ1v) is 8.15. The Kier molecular flexibility index (Phi) is 7.16. The minimum absolute atomic E-state index is 0.0278. The van der Waals surface area contributed by atoms with Gasteiger partial charge in [-0.25, -0.2) is 9.78 Å². The van der Waals surface area contributed by atoms with Crippen LogP contribution < -0.4 is 10.6 Å². The highest BCUT2D eigenvalue weighted by atomic mass is 16.5. The molecular formula is C18H23N3O4. The largest absolute Gasteiger partial charge is 0.469 e. The SMILES string of the molecule is CN[C@@H](CCCC(=O)OC)COC(=O)Nc1cc2ccccc2cn1.